The number of anilines is 1. The van der Waals surface area contributed by atoms with Crippen LogP contribution in [-0.2, 0) is 10.0 Å². The first kappa shape index (κ1) is 14.0. The Bertz CT molecular complexity index is 838. The summed E-state index contributed by atoms with van der Waals surface area (Å²) < 4.78 is 25.3. The molecule has 3 aromatic rings. The van der Waals surface area contributed by atoms with Crippen molar-refractivity contribution in [2.24, 2.45) is 0 Å². The average Bonchev–Trinajstić information content (AvgIpc) is 2.91. The third-order valence-electron chi connectivity index (χ3n) is 2.89. The van der Waals surface area contributed by atoms with Gasteiger partial charge in [-0.2, -0.15) is 0 Å². The Morgan fingerprint density at radius 3 is 2.48 bits per heavy atom. The van der Waals surface area contributed by atoms with Crippen molar-refractivity contribution >= 4 is 37.3 Å². The molecule has 21 heavy (non-hydrogen) atoms. The van der Waals surface area contributed by atoms with E-state index in [-0.39, 0.29) is 4.34 Å². The number of para-hydroxylation sites is 1. The molecule has 0 radical (unpaired) electrons. The molecule has 7 heteroatoms. The molecule has 1 heterocycles. The predicted molar refractivity (Wildman–Crippen MR) is 84.7 cm³/mol. The second-order valence-corrected chi connectivity index (χ2v) is 7.43. The van der Waals surface area contributed by atoms with E-state index >= 15 is 0 Å². The molecule has 1 aromatic heterocycles. The van der Waals surface area contributed by atoms with Crippen molar-refractivity contribution in [2.45, 2.75) is 11.3 Å². The molecule has 0 saturated heterocycles. The summed E-state index contributed by atoms with van der Waals surface area (Å²) in [5.41, 5.74) is 5.14. The largest absolute Gasteiger partial charge is 0.308 e. The van der Waals surface area contributed by atoms with Gasteiger partial charge in [0.25, 0.3) is 10.0 Å². The first-order chi connectivity index (χ1) is 10.0. The van der Waals surface area contributed by atoms with Gasteiger partial charge in [0, 0.05) is 5.69 Å². The second-order valence-electron chi connectivity index (χ2n) is 4.54. The Morgan fingerprint density at radius 2 is 1.76 bits per heavy atom. The van der Waals surface area contributed by atoms with Crippen LogP contribution in [0.15, 0.2) is 52.9 Å². The van der Waals surface area contributed by atoms with Crippen LogP contribution in [-0.4, -0.2) is 13.4 Å². The molecule has 0 aliphatic heterocycles. The Morgan fingerprint density at radius 1 is 1.05 bits per heavy atom. The van der Waals surface area contributed by atoms with Gasteiger partial charge in [-0.05, 0) is 31.2 Å². The number of benzene rings is 2. The lowest BCUT2D eigenvalue weighted by atomic mass is 10.2. The molecule has 2 aromatic carbocycles. The summed E-state index contributed by atoms with van der Waals surface area (Å²) >= 11 is 1.14. The number of sulfonamides is 1. The molecule has 0 unspecified atom stereocenters. The van der Waals surface area contributed by atoms with E-state index in [4.69, 9.17) is 0 Å². The van der Waals surface area contributed by atoms with Gasteiger partial charge in [-0.1, -0.05) is 29.8 Å². The van der Waals surface area contributed by atoms with Gasteiger partial charge >= 0.3 is 0 Å². The molecule has 3 rings (SSSR count). The normalized spacial score (nSPS) is 11.7. The van der Waals surface area contributed by atoms with Crippen molar-refractivity contribution in [3.63, 3.8) is 0 Å². The van der Waals surface area contributed by atoms with Crippen LogP contribution in [0.5, 0.6) is 0 Å². The lowest BCUT2D eigenvalue weighted by Crippen LogP contribution is -2.29. The first-order valence-electron chi connectivity index (χ1n) is 6.25. The monoisotopic (exact) mass is 319 g/mol. The summed E-state index contributed by atoms with van der Waals surface area (Å²) in [7, 11) is -3.68. The van der Waals surface area contributed by atoms with E-state index < -0.39 is 10.0 Å². The van der Waals surface area contributed by atoms with Crippen molar-refractivity contribution in [1.82, 2.24) is 9.82 Å². The van der Waals surface area contributed by atoms with Gasteiger partial charge in [0.1, 0.15) is 0 Å². The Balaban J connectivity index is 1.81. The molecule has 0 aliphatic rings. The molecule has 0 saturated carbocycles. The van der Waals surface area contributed by atoms with Crippen LogP contribution in [0.3, 0.4) is 0 Å². The van der Waals surface area contributed by atoms with Crippen molar-refractivity contribution in [2.75, 3.05) is 5.43 Å². The minimum atomic E-state index is -3.68. The molecule has 5 nitrogen and oxygen atoms in total. The summed E-state index contributed by atoms with van der Waals surface area (Å²) in [6.07, 6.45) is 0. The van der Waals surface area contributed by atoms with Gasteiger partial charge in [-0.3, -0.25) is 0 Å². The molecule has 2 N–H and O–H groups in total. The van der Waals surface area contributed by atoms with Crippen LogP contribution in [0.25, 0.3) is 10.2 Å². The highest BCUT2D eigenvalue weighted by atomic mass is 32.2. The predicted octanol–water partition coefficient (Wildman–Crippen LogP) is 2.91. The molecule has 0 bridgehead atoms. The molecule has 0 spiro atoms. The van der Waals surface area contributed by atoms with Gasteiger partial charge in [0.15, 0.2) is 0 Å². The van der Waals surface area contributed by atoms with E-state index in [1.54, 1.807) is 18.2 Å². The Kier molecular flexibility index (Phi) is 3.62. The maximum absolute atomic E-state index is 12.2. The quantitative estimate of drug-likeness (QED) is 0.725. The van der Waals surface area contributed by atoms with E-state index in [1.807, 2.05) is 37.3 Å². The van der Waals surface area contributed by atoms with Crippen LogP contribution in [0.4, 0.5) is 5.69 Å². The van der Waals surface area contributed by atoms with Crippen LogP contribution < -0.4 is 10.3 Å². The average molecular weight is 319 g/mol. The van der Waals surface area contributed by atoms with E-state index in [0.717, 1.165) is 21.6 Å². The van der Waals surface area contributed by atoms with E-state index in [1.165, 1.54) is 0 Å². The highest BCUT2D eigenvalue weighted by molar-refractivity contribution is 7.91. The van der Waals surface area contributed by atoms with Crippen molar-refractivity contribution in [3.8, 4) is 0 Å². The zero-order chi connectivity index (χ0) is 14.9. The van der Waals surface area contributed by atoms with Crippen LogP contribution in [0.2, 0.25) is 0 Å². The smallest absolute Gasteiger partial charge is 0.284 e. The summed E-state index contributed by atoms with van der Waals surface area (Å²) in [5, 5.41) is 0. The maximum atomic E-state index is 12.2. The van der Waals surface area contributed by atoms with E-state index in [2.05, 4.69) is 15.2 Å². The summed E-state index contributed by atoms with van der Waals surface area (Å²) in [6, 6.07) is 14.7. The number of aryl methyl sites for hydroxylation is 1. The highest BCUT2D eigenvalue weighted by Crippen LogP contribution is 2.24. The Hall–Kier alpha value is -1.96. The first-order valence-corrected chi connectivity index (χ1v) is 8.55. The molecule has 108 valence electrons. The summed E-state index contributed by atoms with van der Waals surface area (Å²) in [6.45, 7) is 1.97. The third kappa shape index (κ3) is 3.05. The van der Waals surface area contributed by atoms with Gasteiger partial charge in [-0.15, -0.1) is 16.2 Å². The van der Waals surface area contributed by atoms with Crippen LogP contribution in [0, 0.1) is 6.92 Å². The number of hydrazine groups is 1. The number of nitrogens with zero attached hydrogens (tertiary/aromatic N) is 1. The number of hydrogen-bond acceptors (Lipinski definition) is 5. The van der Waals surface area contributed by atoms with E-state index in [9.17, 15) is 8.42 Å². The zero-order valence-electron chi connectivity index (χ0n) is 11.2. The number of hydrogen-bond donors (Lipinski definition) is 2. The van der Waals surface area contributed by atoms with E-state index in [0.29, 0.717) is 11.2 Å². The number of nitrogens with one attached hydrogen (secondary N) is 2. The molecule has 0 amide bonds. The van der Waals surface area contributed by atoms with Crippen LogP contribution in [0.1, 0.15) is 5.56 Å². The molecular weight excluding hydrogens is 306 g/mol. The standard InChI is InChI=1S/C14H13N3O2S2/c1-10-6-8-11(9-7-10)16-17-21(18,19)14-15-12-4-2-3-5-13(12)20-14/h2-9,16-17H,1H3. The molecule has 0 fully saturated rings. The number of fused-ring (bicyclic) bond motifs is 1. The van der Waals surface area contributed by atoms with Gasteiger partial charge in [0.05, 0.1) is 10.2 Å². The second kappa shape index (κ2) is 5.44. The van der Waals surface area contributed by atoms with Crippen molar-refractivity contribution < 1.29 is 8.42 Å². The van der Waals surface area contributed by atoms with Crippen molar-refractivity contribution in [1.29, 1.82) is 0 Å². The van der Waals surface area contributed by atoms with Gasteiger partial charge in [-0.25, -0.2) is 13.4 Å². The minimum absolute atomic E-state index is 0.0447. The third-order valence-corrected chi connectivity index (χ3v) is 5.55. The highest BCUT2D eigenvalue weighted by Gasteiger charge is 2.19. The summed E-state index contributed by atoms with van der Waals surface area (Å²) in [5.74, 6) is 0. The fourth-order valence-corrected chi connectivity index (χ4v) is 3.86. The lowest BCUT2D eigenvalue weighted by Gasteiger charge is -2.07. The number of rotatable bonds is 4. The molecule has 0 atom stereocenters. The fraction of sp³-hybridized carbons (Fsp3) is 0.0714. The zero-order valence-corrected chi connectivity index (χ0v) is 12.8. The number of aromatic nitrogens is 1. The lowest BCUT2D eigenvalue weighted by molar-refractivity contribution is 0.587. The Labute approximate surface area is 126 Å². The fourth-order valence-electron chi connectivity index (χ4n) is 1.77. The summed E-state index contributed by atoms with van der Waals surface area (Å²) in [4.78, 5) is 6.48. The minimum Gasteiger partial charge on any atom is -0.308 e. The van der Waals surface area contributed by atoms with Crippen LogP contribution >= 0.6 is 11.3 Å². The topological polar surface area (TPSA) is 71.1 Å². The molecule has 0 aliphatic carbocycles. The van der Waals surface area contributed by atoms with Gasteiger partial charge < -0.3 is 5.43 Å². The SMILES string of the molecule is Cc1ccc(NNS(=O)(=O)c2nc3ccccc3s2)cc1. The number of thiazole rings is 1. The molecular formula is C14H13N3O2S2. The maximum Gasteiger partial charge on any atom is 0.284 e. The van der Waals surface area contributed by atoms with Gasteiger partial charge in [0.2, 0.25) is 4.34 Å². The van der Waals surface area contributed by atoms with Crippen molar-refractivity contribution in [3.05, 3.63) is 54.1 Å².